The Morgan fingerprint density at radius 1 is 1.08 bits per heavy atom. The average Bonchev–Trinajstić information content (AvgIpc) is 2.62. The van der Waals surface area contributed by atoms with Crippen LogP contribution in [0.5, 0.6) is 11.5 Å². The minimum atomic E-state index is -4.10. The van der Waals surface area contributed by atoms with Crippen LogP contribution in [0.1, 0.15) is 24.8 Å². The van der Waals surface area contributed by atoms with Gasteiger partial charge in [0.25, 0.3) is 10.0 Å². The first-order valence-corrected chi connectivity index (χ1v) is 9.25. The lowest BCUT2D eigenvalue weighted by Gasteiger charge is -2.17. The highest BCUT2D eigenvalue weighted by atomic mass is 32.2. The van der Waals surface area contributed by atoms with Gasteiger partial charge in [-0.25, -0.2) is 13.1 Å². The highest BCUT2D eigenvalue weighted by Crippen LogP contribution is 2.29. The van der Waals surface area contributed by atoms with E-state index in [4.69, 9.17) is 9.47 Å². The molecule has 1 N–H and O–H groups in total. The molecule has 0 bridgehead atoms. The summed E-state index contributed by atoms with van der Waals surface area (Å²) in [6, 6.07) is 13.4. The van der Waals surface area contributed by atoms with Crippen LogP contribution in [0.2, 0.25) is 0 Å². The molecule has 0 aliphatic carbocycles. The first-order chi connectivity index (χ1) is 11.9. The molecule has 0 saturated carbocycles. The minimum absolute atomic E-state index is 0.133. The Balaban J connectivity index is 2.33. The fourth-order valence-corrected chi connectivity index (χ4v) is 3.71. The second-order valence-corrected chi connectivity index (χ2v) is 7.01. The predicted molar refractivity (Wildman–Crippen MR) is 94.3 cm³/mol. The van der Waals surface area contributed by atoms with Crippen molar-refractivity contribution in [3.05, 3.63) is 54.1 Å². The van der Waals surface area contributed by atoms with Gasteiger partial charge in [0.05, 0.1) is 20.1 Å². The summed E-state index contributed by atoms with van der Waals surface area (Å²) in [5.74, 6) is -0.663. The minimum Gasteiger partial charge on any atom is -0.497 e. The van der Waals surface area contributed by atoms with E-state index in [0.717, 1.165) is 5.56 Å². The van der Waals surface area contributed by atoms with Gasteiger partial charge in [0.1, 0.15) is 16.4 Å². The van der Waals surface area contributed by atoms with Gasteiger partial charge in [-0.05, 0) is 24.1 Å². The van der Waals surface area contributed by atoms with Gasteiger partial charge in [-0.15, -0.1) is 0 Å². The molecule has 1 atom stereocenters. The van der Waals surface area contributed by atoms with E-state index in [1.54, 1.807) is 18.2 Å². The summed E-state index contributed by atoms with van der Waals surface area (Å²) in [5, 5.41) is 0. The second-order valence-electron chi connectivity index (χ2n) is 5.36. The molecule has 0 fully saturated rings. The number of methoxy groups -OCH3 is 2. The normalized spacial score (nSPS) is 12.3. The Morgan fingerprint density at radius 2 is 1.76 bits per heavy atom. The van der Waals surface area contributed by atoms with Crippen LogP contribution in [0, 0.1) is 0 Å². The molecule has 2 aromatic carbocycles. The predicted octanol–water partition coefficient (Wildman–Crippen LogP) is 2.70. The van der Waals surface area contributed by atoms with E-state index < -0.39 is 21.8 Å². The maximum absolute atomic E-state index is 12.7. The van der Waals surface area contributed by atoms with Crippen molar-refractivity contribution < 1.29 is 22.7 Å². The highest BCUT2D eigenvalue weighted by Gasteiger charge is 2.27. The van der Waals surface area contributed by atoms with Crippen LogP contribution in [0.25, 0.3) is 0 Å². The quantitative estimate of drug-likeness (QED) is 0.818. The third kappa shape index (κ3) is 4.30. The van der Waals surface area contributed by atoms with Gasteiger partial charge in [0, 0.05) is 6.07 Å². The van der Waals surface area contributed by atoms with E-state index in [9.17, 15) is 13.2 Å². The molecule has 0 aliphatic heterocycles. The molecule has 0 heterocycles. The first kappa shape index (κ1) is 18.8. The number of carbonyl (C=O) groups is 1. The highest BCUT2D eigenvalue weighted by molar-refractivity contribution is 7.90. The lowest BCUT2D eigenvalue weighted by atomic mass is 9.96. The van der Waals surface area contributed by atoms with Gasteiger partial charge < -0.3 is 9.47 Å². The number of nitrogens with one attached hydrogen (secondary N) is 1. The fourth-order valence-electron chi connectivity index (χ4n) is 2.51. The van der Waals surface area contributed by atoms with E-state index in [1.807, 2.05) is 25.1 Å². The number of benzene rings is 2. The molecule has 25 heavy (non-hydrogen) atoms. The van der Waals surface area contributed by atoms with Gasteiger partial charge in [-0.1, -0.05) is 37.3 Å². The number of sulfonamides is 1. The molecule has 7 heteroatoms. The van der Waals surface area contributed by atoms with Crippen molar-refractivity contribution in [1.82, 2.24) is 4.72 Å². The van der Waals surface area contributed by atoms with Crippen LogP contribution in [0.3, 0.4) is 0 Å². The van der Waals surface area contributed by atoms with Crippen molar-refractivity contribution in [2.45, 2.75) is 24.2 Å². The van der Waals surface area contributed by atoms with Crippen LogP contribution in [0.4, 0.5) is 0 Å². The van der Waals surface area contributed by atoms with Crippen molar-refractivity contribution in [2.24, 2.45) is 0 Å². The van der Waals surface area contributed by atoms with E-state index in [0.29, 0.717) is 12.2 Å². The van der Waals surface area contributed by atoms with Crippen LogP contribution < -0.4 is 14.2 Å². The molecule has 0 aromatic heterocycles. The SMILES string of the molecule is CCC(C(=O)NS(=O)(=O)c1cc(OC)ccc1OC)c1ccccc1. The molecular weight excluding hydrogens is 342 g/mol. The van der Waals surface area contributed by atoms with Crippen molar-refractivity contribution in [3.63, 3.8) is 0 Å². The topological polar surface area (TPSA) is 81.7 Å². The summed E-state index contributed by atoms with van der Waals surface area (Å²) >= 11 is 0. The van der Waals surface area contributed by atoms with Crippen LogP contribution in [0.15, 0.2) is 53.4 Å². The zero-order chi connectivity index (χ0) is 18.4. The smallest absolute Gasteiger partial charge is 0.267 e. The lowest BCUT2D eigenvalue weighted by Crippen LogP contribution is -2.34. The monoisotopic (exact) mass is 363 g/mol. The van der Waals surface area contributed by atoms with Gasteiger partial charge in [0.2, 0.25) is 5.91 Å². The summed E-state index contributed by atoms with van der Waals surface area (Å²) in [4.78, 5) is 12.4. The van der Waals surface area contributed by atoms with E-state index >= 15 is 0 Å². The number of carbonyl (C=O) groups excluding carboxylic acids is 1. The van der Waals surface area contributed by atoms with Crippen molar-refractivity contribution in [1.29, 1.82) is 0 Å². The van der Waals surface area contributed by atoms with Gasteiger partial charge in [-0.3, -0.25) is 4.79 Å². The molecule has 134 valence electrons. The largest absolute Gasteiger partial charge is 0.497 e. The molecule has 2 aromatic rings. The number of ether oxygens (including phenoxy) is 2. The molecular formula is C18H21NO5S. The number of amides is 1. The molecule has 6 nitrogen and oxygen atoms in total. The molecule has 1 unspecified atom stereocenters. The Labute approximate surface area is 147 Å². The zero-order valence-corrected chi connectivity index (χ0v) is 15.2. The number of rotatable bonds is 7. The zero-order valence-electron chi connectivity index (χ0n) is 14.4. The van der Waals surface area contributed by atoms with Crippen molar-refractivity contribution >= 4 is 15.9 Å². The molecule has 0 radical (unpaired) electrons. The summed E-state index contributed by atoms with van der Waals surface area (Å²) in [6.07, 6.45) is 0.473. The van der Waals surface area contributed by atoms with Crippen LogP contribution >= 0.6 is 0 Å². The van der Waals surface area contributed by atoms with Crippen molar-refractivity contribution in [3.8, 4) is 11.5 Å². The Bertz CT molecular complexity index is 834. The summed E-state index contributed by atoms with van der Waals surface area (Å²) < 4.78 is 37.7. The van der Waals surface area contributed by atoms with Crippen molar-refractivity contribution in [2.75, 3.05) is 14.2 Å². The van der Waals surface area contributed by atoms with Crippen LogP contribution in [-0.4, -0.2) is 28.5 Å². The van der Waals surface area contributed by atoms with Crippen LogP contribution in [-0.2, 0) is 14.8 Å². The van der Waals surface area contributed by atoms with E-state index in [-0.39, 0.29) is 10.6 Å². The number of hydrogen-bond donors (Lipinski definition) is 1. The molecule has 0 aliphatic rings. The summed E-state index contributed by atoms with van der Waals surface area (Å²) in [7, 11) is -1.31. The first-order valence-electron chi connectivity index (χ1n) is 7.76. The second kappa shape index (κ2) is 8.02. The lowest BCUT2D eigenvalue weighted by molar-refractivity contribution is -0.120. The summed E-state index contributed by atoms with van der Waals surface area (Å²) in [5.41, 5.74) is 0.760. The van der Waals surface area contributed by atoms with E-state index in [1.165, 1.54) is 26.4 Å². The molecule has 1 amide bonds. The maximum Gasteiger partial charge on any atom is 0.267 e. The third-order valence-corrected chi connectivity index (χ3v) is 5.19. The summed E-state index contributed by atoms with van der Waals surface area (Å²) in [6.45, 7) is 1.83. The molecule has 2 rings (SSSR count). The van der Waals surface area contributed by atoms with Gasteiger partial charge in [0.15, 0.2) is 0 Å². The molecule has 0 saturated heterocycles. The maximum atomic E-state index is 12.7. The van der Waals surface area contributed by atoms with Gasteiger partial charge in [-0.2, -0.15) is 0 Å². The average molecular weight is 363 g/mol. The Kier molecular flexibility index (Phi) is 6.03. The van der Waals surface area contributed by atoms with E-state index in [2.05, 4.69) is 4.72 Å². The van der Waals surface area contributed by atoms with Gasteiger partial charge >= 0.3 is 0 Å². The third-order valence-electron chi connectivity index (χ3n) is 3.82. The Morgan fingerprint density at radius 3 is 2.32 bits per heavy atom. The number of hydrogen-bond acceptors (Lipinski definition) is 5. The Hall–Kier alpha value is -2.54. The standard InChI is InChI=1S/C18H21NO5S/c1-4-15(13-8-6-5-7-9-13)18(20)19-25(21,22)17-12-14(23-2)10-11-16(17)24-3/h5-12,15H,4H2,1-3H3,(H,19,20). The molecule has 0 spiro atoms. The fraction of sp³-hybridized carbons (Fsp3) is 0.278.